The molecule has 1 amide bonds. The predicted octanol–water partition coefficient (Wildman–Crippen LogP) is 2.60. The number of ether oxygens (including phenoxy) is 1. The Hall–Kier alpha value is -2.69. The molecule has 1 aliphatic heterocycles. The summed E-state index contributed by atoms with van der Waals surface area (Å²) in [4.78, 5) is 14.0. The average Bonchev–Trinajstić information content (AvgIpc) is 2.51. The fourth-order valence-corrected chi connectivity index (χ4v) is 2.56. The highest BCUT2D eigenvalue weighted by atomic mass is 16.5. The van der Waals surface area contributed by atoms with Crippen molar-refractivity contribution in [2.75, 3.05) is 19.5 Å². The first kappa shape index (κ1) is 13.3. The lowest BCUT2D eigenvalue weighted by atomic mass is 10.0. The van der Waals surface area contributed by atoms with Crippen molar-refractivity contribution in [1.29, 1.82) is 0 Å². The van der Waals surface area contributed by atoms with Gasteiger partial charge in [-0.15, -0.1) is 0 Å². The van der Waals surface area contributed by atoms with Gasteiger partial charge in [0.2, 0.25) is 0 Å². The normalized spacial score (nSPS) is 17.1. The molecule has 0 radical (unpaired) electrons. The van der Waals surface area contributed by atoms with Gasteiger partial charge in [-0.2, -0.15) is 0 Å². The molecule has 0 aliphatic carbocycles. The van der Waals surface area contributed by atoms with E-state index in [1.54, 1.807) is 36.2 Å². The van der Waals surface area contributed by atoms with Gasteiger partial charge in [-0.05, 0) is 18.2 Å². The molecular formula is C16H16N2O3. The van der Waals surface area contributed by atoms with E-state index in [0.29, 0.717) is 16.9 Å². The monoisotopic (exact) mass is 284 g/mol. The molecular weight excluding hydrogens is 268 g/mol. The van der Waals surface area contributed by atoms with Gasteiger partial charge in [0.25, 0.3) is 5.91 Å². The van der Waals surface area contributed by atoms with Crippen molar-refractivity contribution in [3.8, 4) is 11.5 Å². The van der Waals surface area contributed by atoms with Crippen molar-refractivity contribution >= 4 is 11.6 Å². The molecule has 108 valence electrons. The number of phenolic OH excluding ortho intramolecular Hbond substituents is 1. The van der Waals surface area contributed by atoms with E-state index in [2.05, 4.69) is 5.32 Å². The van der Waals surface area contributed by atoms with E-state index in [1.165, 1.54) is 7.11 Å². The van der Waals surface area contributed by atoms with Gasteiger partial charge in [-0.25, -0.2) is 0 Å². The lowest BCUT2D eigenvalue weighted by Crippen LogP contribution is -2.40. The summed E-state index contributed by atoms with van der Waals surface area (Å²) in [6, 6.07) is 12.6. The van der Waals surface area contributed by atoms with E-state index in [1.807, 2.05) is 18.2 Å². The minimum atomic E-state index is -0.442. The molecule has 1 atom stereocenters. The molecule has 1 heterocycles. The molecule has 0 bridgehead atoms. The van der Waals surface area contributed by atoms with Gasteiger partial charge >= 0.3 is 0 Å². The van der Waals surface area contributed by atoms with Crippen LogP contribution in [0.4, 0.5) is 5.69 Å². The van der Waals surface area contributed by atoms with E-state index in [0.717, 1.165) is 5.69 Å². The quantitative estimate of drug-likeness (QED) is 0.890. The SMILES string of the molecule is COc1cccc(C2Nc3ccccc3C(=O)N2C)c1O. The van der Waals surface area contributed by atoms with Gasteiger partial charge in [-0.3, -0.25) is 4.79 Å². The molecule has 1 aliphatic rings. The summed E-state index contributed by atoms with van der Waals surface area (Å²) in [5.41, 5.74) is 1.98. The van der Waals surface area contributed by atoms with Crippen LogP contribution in [0.25, 0.3) is 0 Å². The molecule has 5 heteroatoms. The number of hydrogen-bond acceptors (Lipinski definition) is 4. The molecule has 0 spiro atoms. The Kier molecular flexibility index (Phi) is 3.17. The standard InChI is InChI=1S/C16H16N2O3/c1-18-15(11-7-5-9-13(21-2)14(11)19)17-12-8-4-3-6-10(12)16(18)20/h3-9,15,17,19H,1-2H3. The smallest absolute Gasteiger partial charge is 0.257 e. The van der Waals surface area contributed by atoms with Crippen LogP contribution in [-0.4, -0.2) is 30.1 Å². The second kappa shape index (κ2) is 5.01. The van der Waals surface area contributed by atoms with Crippen LogP contribution in [0, 0.1) is 0 Å². The van der Waals surface area contributed by atoms with Crippen LogP contribution in [0.3, 0.4) is 0 Å². The van der Waals surface area contributed by atoms with Gasteiger partial charge < -0.3 is 20.1 Å². The van der Waals surface area contributed by atoms with Crippen LogP contribution < -0.4 is 10.1 Å². The van der Waals surface area contributed by atoms with Gasteiger partial charge in [0, 0.05) is 18.3 Å². The number of para-hydroxylation sites is 2. The lowest BCUT2D eigenvalue weighted by Gasteiger charge is -2.35. The highest BCUT2D eigenvalue weighted by Gasteiger charge is 2.31. The minimum absolute atomic E-state index is 0.0385. The Morgan fingerprint density at radius 3 is 2.71 bits per heavy atom. The number of nitrogens with zero attached hydrogens (tertiary/aromatic N) is 1. The maximum Gasteiger partial charge on any atom is 0.257 e. The van der Waals surface area contributed by atoms with Crippen LogP contribution in [-0.2, 0) is 0 Å². The van der Waals surface area contributed by atoms with Gasteiger partial charge in [0.1, 0.15) is 6.17 Å². The predicted molar refractivity (Wildman–Crippen MR) is 79.6 cm³/mol. The topological polar surface area (TPSA) is 61.8 Å². The first-order valence-electron chi connectivity index (χ1n) is 6.62. The third kappa shape index (κ3) is 2.07. The van der Waals surface area contributed by atoms with Gasteiger partial charge in [0.05, 0.1) is 12.7 Å². The number of amides is 1. The molecule has 2 aromatic rings. The lowest BCUT2D eigenvalue weighted by molar-refractivity contribution is 0.0734. The van der Waals surface area contributed by atoms with Crippen molar-refractivity contribution in [3.05, 3.63) is 53.6 Å². The Morgan fingerprint density at radius 1 is 1.19 bits per heavy atom. The molecule has 21 heavy (non-hydrogen) atoms. The number of hydrogen-bond donors (Lipinski definition) is 2. The number of carbonyl (C=O) groups excluding carboxylic acids is 1. The first-order valence-corrected chi connectivity index (χ1v) is 6.62. The number of fused-ring (bicyclic) bond motifs is 1. The van der Waals surface area contributed by atoms with Crippen molar-refractivity contribution in [1.82, 2.24) is 4.90 Å². The molecule has 0 saturated heterocycles. The van der Waals surface area contributed by atoms with Crippen molar-refractivity contribution in [2.45, 2.75) is 6.17 Å². The number of methoxy groups -OCH3 is 1. The summed E-state index contributed by atoms with van der Waals surface area (Å²) in [6.45, 7) is 0. The van der Waals surface area contributed by atoms with E-state index in [-0.39, 0.29) is 11.7 Å². The van der Waals surface area contributed by atoms with E-state index >= 15 is 0 Å². The fourth-order valence-electron chi connectivity index (χ4n) is 2.56. The van der Waals surface area contributed by atoms with Gasteiger partial charge in [0.15, 0.2) is 11.5 Å². The highest BCUT2D eigenvalue weighted by molar-refractivity contribution is 6.01. The molecule has 2 N–H and O–H groups in total. The third-order valence-corrected chi connectivity index (χ3v) is 3.70. The van der Waals surface area contributed by atoms with E-state index in [4.69, 9.17) is 4.74 Å². The number of anilines is 1. The zero-order valence-corrected chi connectivity index (χ0v) is 11.8. The summed E-state index contributed by atoms with van der Waals surface area (Å²) in [7, 11) is 3.20. The molecule has 2 aromatic carbocycles. The van der Waals surface area contributed by atoms with E-state index < -0.39 is 6.17 Å². The summed E-state index contributed by atoms with van der Waals surface area (Å²) in [5.74, 6) is 0.335. The number of rotatable bonds is 2. The Labute approximate surface area is 122 Å². The fraction of sp³-hybridized carbons (Fsp3) is 0.188. The molecule has 1 unspecified atom stereocenters. The van der Waals surface area contributed by atoms with Crippen LogP contribution in [0.5, 0.6) is 11.5 Å². The van der Waals surface area contributed by atoms with Crippen LogP contribution in [0.1, 0.15) is 22.1 Å². The molecule has 0 fully saturated rings. The highest BCUT2D eigenvalue weighted by Crippen LogP contribution is 2.39. The summed E-state index contributed by atoms with van der Waals surface area (Å²) in [6.07, 6.45) is -0.442. The second-order valence-electron chi connectivity index (χ2n) is 4.91. The number of nitrogens with one attached hydrogen (secondary N) is 1. The number of carbonyl (C=O) groups is 1. The van der Waals surface area contributed by atoms with Gasteiger partial charge in [-0.1, -0.05) is 24.3 Å². The first-order chi connectivity index (χ1) is 10.1. The van der Waals surface area contributed by atoms with Crippen molar-refractivity contribution in [3.63, 3.8) is 0 Å². The maximum atomic E-state index is 12.4. The van der Waals surface area contributed by atoms with Crippen LogP contribution >= 0.6 is 0 Å². The molecule has 0 saturated carbocycles. The van der Waals surface area contributed by atoms with Crippen LogP contribution in [0.15, 0.2) is 42.5 Å². The molecule has 3 rings (SSSR count). The zero-order valence-electron chi connectivity index (χ0n) is 11.8. The number of aromatic hydroxyl groups is 1. The minimum Gasteiger partial charge on any atom is -0.504 e. The summed E-state index contributed by atoms with van der Waals surface area (Å²) >= 11 is 0. The largest absolute Gasteiger partial charge is 0.504 e. The molecule has 0 aromatic heterocycles. The maximum absolute atomic E-state index is 12.4. The van der Waals surface area contributed by atoms with E-state index in [9.17, 15) is 9.90 Å². The van der Waals surface area contributed by atoms with Crippen molar-refractivity contribution < 1.29 is 14.6 Å². The summed E-state index contributed by atoms with van der Waals surface area (Å²) < 4.78 is 5.13. The van der Waals surface area contributed by atoms with Crippen molar-refractivity contribution in [2.24, 2.45) is 0 Å². The average molecular weight is 284 g/mol. The zero-order chi connectivity index (χ0) is 15.0. The molecule has 5 nitrogen and oxygen atoms in total. The summed E-state index contributed by atoms with van der Waals surface area (Å²) in [5, 5.41) is 13.6. The third-order valence-electron chi connectivity index (χ3n) is 3.70. The Bertz CT molecular complexity index is 700. The van der Waals surface area contributed by atoms with Crippen LogP contribution in [0.2, 0.25) is 0 Å². The number of benzene rings is 2. The Balaban J connectivity index is 2.07. The number of phenols is 1. The second-order valence-corrected chi connectivity index (χ2v) is 4.91. The Morgan fingerprint density at radius 2 is 1.95 bits per heavy atom.